The number of amides is 2. The summed E-state index contributed by atoms with van der Waals surface area (Å²) in [7, 11) is -3.91. The van der Waals surface area contributed by atoms with Crippen LogP contribution in [0.2, 0.25) is 0 Å². The van der Waals surface area contributed by atoms with Crippen LogP contribution in [-0.4, -0.2) is 81.4 Å². The molecule has 1 aromatic heterocycles. The molecular weight excluding hydrogens is 568 g/mol. The summed E-state index contributed by atoms with van der Waals surface area (Å²) in [6.45, 7) is -9.94. The molecule has 10 nitrogen and oxygen atoms in total. The average Bonchev–Trinajstić information content (AvgIpc) is 3.33. The van der Waals surface area contributed by atoms with Crippen LogP contribution in [0.25, 0.3) is 28.2 Å². The number of rotatable bonds is 2. The third-order valence-electron chi connectivity index (χ3n) is 7.18. The van der Waals surface area contributed by atoms with Gasteiger partial charge < -0.3 is 18.9 Å². The molecule has 11 heteroatoms. The highest BCUT2D eigenvalue weighted by Gasteiger charge is 2.31. The number of benzene rings is 2. The Labute approximate surface area is 276 Å². The fourth-order valence-corrected chi connectivity index (χ4v) is 5.91. The molecule has 3 aliphatic rings. The van der Waals surface area contributed by atoms with Crippen molar-refractivity contribution in [1.82, 2.24) is 18.5 Å². The first kappa shape index (κ1) is 15.4. The number of ether oxygens (including phenoxy) is 2. The zero-order valence-electron chi connectivity index (χ0n) is 39.8. The van der Waals surface area contributed by atoms with E-state index in [2.05, 4.69) is 0 Å². The first-order chi connectivity index (χ1) is 27.2. The number of methoxy groups -OCH3 is 1. The summed E-state index contributed by atoms with van der Waals surface area (Å²) in [6, 6.07) is 7.03. The molecule has 6 rings (SSSR count). The van der Waals surface area contributed by atoms with Crippen molar-refractivity contribution < 1.29 is 50.8 Å². The van der Waals surface area contributed by atoms with Crippen molar-refractivity contribution in [1.29, 1.82) is 0 Å². The molecule has 4 bridgehead atoms. The Balaban J connectivity index is 1.78. The van der Waals surface area contributed by atoms with Gasteiger partial charge in [0.15, 0.2) is 0 Å². The molecule has 1 aliphatic carbocycles. The Hall–Kier alpha value is -3.67. The van der Waals surface area contributed by atoms with Gasteiger partial charge in [0, 0.05) is 77.9 Å². The third kappa shape index (κ3) is 5.57. The molecular formula is C32H38N4O6S. The van der Waals surface area contributed by atoms with Gasteiger partial charge in [0.25, 0.3) is 11.8 Å². The van der Waals surface area contributed by atoms with Gasteiger partial charge in [0.1, 0.15) is 5.75 Å². The van der Waals surface area contributed by atoms with Crippen LogP contribution in [0, 0.1) is 0 Å². The highest BCUT2D eigenvalue weighted by atomic mass is 32.2. The van der Waals surface area contributed by atoms with E-state index in [0.29, 0.717) is 4.90 Å². The molecule has 1 fully saturated rings. The molecule has 43 heavy (non-hydrogen) atoms. The van der Waals surface area contributed by atoms with Crippen molar-refractivity contribution in [3.8, 4) is 17.0 Å². The van der Waals surface area contributed by atoms with Crippen LogP contribution in [0.15, 0.2) is 42.0 Å². The fourth-order valence-electron chi connectivity index (χ4n) is 5.13. The maximum Gasteiger partial charge on any atom is 0.303 e. The smallest absolute Gasteiger partial charge is 0.303 e. The Morgan fingerprint density at radius 3 is 2.65 bits per heavy atom. The number of hydrogen-bond acceptors (Lipinski definition) is 6. The third-order valence-corrected chi connectivity index (χ3v) is 8.38. The zero-order valence-corrected chi connectivity index (χ0v) is 23.6. The highest BCUT2D eigenvalue weighted by Crippen LogP contribution is 2.47. The number of aromatic nitrogens is 1. The second-order valence-electron chi connectivity index (χ2n) is 9.74. The minimum absolute atomic E-state index is 0.0346. The van der Waals surface area contributed by atoms with Crippen molar-refractivity contribution in [3.63, 3.8) is 0 Å². The van der Waals surface area contributed by atoms with E-state index in [9.17, 15) is 19.4 Å². The van der Waals surface area contributed by atoms with E-state index in [0.717, 1.165) is 22.8 Å². The summed E-state index contributed by atoms with van der Waals surface area (Å²) in [5.41, 5.74) is -2.27. The van der Waals surface area contributed by atoms with Crippen LogP contribution < -0.4 is 9.46 Å². The number of nitrogens with zero attached hydrogens (tertiary/aromatic N) is 3. The highest BCUT2D eigenvalue weighted by molar-refractivity contribution is 7.87. The topological polar surface area (TPSA) is 110 Å². The largest absolute Gasteiger partial charge is 0.497 e. The van der Waals surface area contributed by atoms with E-state index in [-0.39, 0.29) is 43.4 Å². The fraction of sp³-hybridized carbons (Fsp3) is 0.438. The van der Waals surface area contributed by atoms with E-state index < -0.39 is 118 Å². The van der Waals surface area contributed by atoms with Crippen LogP contribution in [0.1, 0.15) is 82.5 Å². The SMILES string of the molecule is [2H]C([2H])([2H])N1CCOCCN(C([2H])([2H])[2H])S(=O)(=O)NC(=O)c2ccc3c(C4([2H])C([2H])([2H])C([2H])([2H])C([2H])([2H])C([2H])([2H])C4([2H])[2H])c4n(c3c2)CC(=Cc2cc(OC)ccc2-4)C1=O. The molecule has 228 valence electrons. The summed E-state index contributed by atoms with van der Waals surface area (Å²) >= 11 is 0. The Kier molecular flexibility index (Phi) is 4.21. The van der Waals surface area contributed by atoms with E-state index in [4.69, 9.17) is 31.4 Å². The summed E-state index contributed by atoms with van der Waals surface area (Å²) in [4.78, 5) is 28.7. The van der Waals surface area contributed by atoms with E-state index in [1.54, 1.807) is 4.72 Å². The zero-order chi connectivity index (χ0) is 45.2. The monoisotopic (exact) mass is 623 g/mol. The van der Waals surface area contributed by atoms with Crippen molar-refractivity contribution >= 4 is 39.0 Å². The lowest BCUT2D eigenvalue weighted by molar-refractivity contribution is -0.126. The molecule has 2 amide bonds. The summed E-state index contributed by atoms with van der Waals surface area (Å²) in [5.74, 6) is -6.15. The molecule has 2 aliphatic heterocycles. The standard InChI is InChI=1S/C32H38N4O6S/c1-34-13-15-42-16-14-35(2)43(39,40)33-31(37)22-9-11-27-28(19-22)36-20-24(32(34)38)17-23-18-25(41-3)10-12-26(23)30(36)29(27)21-7-5-4-6-8-21/h9-12,17-19,21H,4-8,13-16,20H2,1-3H3,(H,33,37)/i1D3,2D3,4D2,5D2,6D2,7D2,8D2,21D. The van der Waals surface area contributed by atoms with Crippen molar-refractivity contribution in [2.75, 3.05) is 47.4 Å². The van der Waals surface area contributed by atoms with Crippen LogP contribution in [0.4, 0.5) is 0 Å². The molecule has 0 atom stereocenters. The van der Waals surface area contributed by atoms with Gasteiger partial charge in [-0.05, 0) is 66.2 Å². The predicted octanol–water partition coefficient (Wildman–Crippen LogP) is 4.16. The van der Waals surface area contributed by atoms with E-state index in [1.165, 1.54) is 31.4 Å². The first-order valence-corrected chi connectivity index (χ1v) is 14.5. The molecule has 0 unspecified atom stereocenters. The molecule has 1 saturated carbocycles. The molecule has 3 heterocycles. The normalized spacial score (nSPS) is 33.5. The minimum atomic E-state index is -5.21. The van der Waals surface area contributed by atoms with Gasteiger partial charge in [-0.3, -0.25) is 9.59 Å². The lowest BCUT2D eigenvalue weighted by Gasteiger charge is -2.24. The molecule has 0 spiro atoms. The maximum absolute atomic E-state index is 14.5. The number of carbonyl (C=O) groups excluding carboxylic acids is 2. The van der Waals surface area contributed by atoms with E-state index in [1.807, 2.05) is 0 Å². The Morgan fingerprint density at radius 1 is 1.07 bits per heavy atom. The number of likely N-dealkylation sites (N-methyl/N-ethyl adjacent to an activating group) is 2. The van der Waals surface area contributed by atoms with Crippen LogP contribution in [0.3, 0.4) is 0 Å². The van der Waals surface area contributed by atoms with Crippen LogP contribution in [0.5, 0.6) is 5.75 Å². The summed E-state index contributed by atoms with van der Waals surface area (Å²) < 4.78 is 187. The number of nitrogens with one attached hydrogen (secondary N) is 1. The van der Waals surface area contributed by atoms with Gasteiger partial charge in [-0.15, -0.1) is 0 Å². The quantitative estimate of drug-likeness (QED) is 0.459. The lowest BCUT2D eigenvalue weighted by atomic mass is 9.81. The number of hydrogen-bond donors (Lipinski definition) is 1. The van der Waals surface area contributed by atoms with Crippen molar-refractivity contribution in [2.45, 2.75) is 44.3 Å². The lowest BCUT2D eigenvalue weighted by Crippen LogP contribution is -2.42. The Bertz CT molecular complexity index is 2400. The predicted molar refractivity (Wildman–Crippen MR) is 165 cm³/mol. The molecule has 1 N–H and O–H groups in total. The minimum Gasteiger partial charge on any atom is -0.497 e. The second kappa shape index (κ2) is 11.8. The molecule has 0 saturated heterocycles. The van der Waals surface area contributed by atoms with Gasteiger partial charge in [-0.25, -0.2) is 4.72 Å². The molecule has 2 aromatic carbocycles. The summed E-state index contributed by atoms with van der Waals surface area (Å²) in [6.07, 6.45) is -18.4. The van der Waals surface area contributed by atoms with Gasteiger partial charge in [-0.2, -0.15) is 12.7 Å². The van der Waals surface area contributed by atoms with Crippen LogP contribution >= 0.6 is 0 Å². The maximum atomic E-state index is 14.5. The van der Waals surface area contributed by atoms with Gasteiger partial charge in [-0.1, -0.05) is 25.2 Å². The average molecular weight is 624 g/mol. The van der Waals surface area contributed by atoms with Gasteiger partial charge >= 0.3 is 10.2 Å². The van der Waals surface area contributed by atoms with Crippen molar-refractivity contribution in [2.24, 2.45) is 0 Å². The molecule has 0 radical (unpaired) electrons. The number of fused-ring (bicyclic) bond motifs is 4. The molecule has 3 aromatic rings. The van der Waals surface area contributed by atoms with Crippen molar-refractivity contribution in [3.05, 3.63) is 58.7 Å². The first-order valence-electron chi connectivity index (χ1n) is 21.5. The van der Waals surface area contributed by atoms with E-state index >= 15 is 0 Å². The van der Waals surface area contributed by atoms with Gasteiger partial charge in [0.2, 0.25) is 0 Å². The van der Waals surface area contributed by atoms with Crippen LogP contribution in [-0.2, 0) is 26.3 Å². The summed E-state index contributed by atoms with van der Waals surface area (Å²) in [5, 5.41) is -0.361. The number of carbonyl (C=O) groups is 2. The second-order valence-corrected chi connectivity index (χ2v) is 11.3. The van der Waals surface area contributed by atoms with Gasteiger partial charge in [0.05, 0.1) is 32.6 Å². The Morgan fingerprint density at radius 2 is 1.88 bits per heavy atom.